The molecule has 0 atom stereocenters. The molecule has 0 aliphatic rings. The molecular formula is C10H9NO2S. The Kier molecular flexibility index (Phi) is 2.21. The Labute approximate surface area is 85.2 Å². The molecule has 0 radical (unpaired) electrons. The fourth-order valence-electron chi connectivity index (χ4n) is 1.48. The van der Waals surface area contributed by atoms with E-state index in [1.54, 1.807) is 15.9 Å². The second-order valence-corrected chi connectivity index (χ2v) is 4.28. The third-order valence-electron chi connectivity index (χ3n) is 2.08. The zero-order chi connectivity index (χ0) is 10.1. The third-order valence-corrected chi connectivity index (χ3v) is 3.16. The molecule has 1 aromatic carbocycles. The van der Waals surface area contributed by atoms with Crippen molar-refractivity contribution in [3.05, 3.63) is 29.3 Å². The molecule has 2 aromatic rings. The quantitative estimate of drug-likeness (QED) is 0.662. The Morgan fingerprint density at radius 3 is 2.93 bits per heavy atom. The largest absolute Gasteiger partial charge is 0.544 e. The highest BCUT2D eigenvalue weighted by Gasteiger charge is 2.15. The summed E-state index contributed by atoms with van der Waals surface area (Å²) in [5.74, 6) is -1.05. The summed E-state index contributed by atoms with van der Waals surface area (Å²) >= 11 is 1.59. The van der Waals surface area contributed by atoms with Crippen LogP contribution in [0.3, 0.4) is 0 Å². The van der Waals surface area contributed by atoms with Gasteiger partial charge in [0.15, 0.2) is 6.54 Å². The molecule has 0 aliphatic carbocycles. The van der Waals surface area contributed by atoms with Crippen LogP contribution in [0.2, 0.25) is 0 Å². The van der Waals surface area contributed by atoms with E-state index in [-0.39, 0.29) is 6.54 Å². The van der Waals surface area contributed by atoms with E-state index in [9.17, 15) is 9.90 Å². The summed E-state index contributed by atoms with van der Waals surface area (Å²) in [6, 6.07) is 7.75. The molecule has 72 valence electrons. The van der Waals surface area contributed by atoms with E-state index < -0.39 is 5.97 Å². The van der Waals surface area contributed by atoms with Gasteiger partial charge in [-0.25, -0.2) is 0 Å². The monoisotopic (exact) mass is 207 g/mol. The van der Waals surface area contributed by atoms with Gasteiger partial charge in [-0.1, -0.05) is 23.5 Å². The van der Waals surface area contributed by atoms with E-state index in [0.29, 0.717) is 0 Å². The van der Waals surface area contributed by atoms with E-state index in [1.165, 1.54) is 0 Å². The number of fused-ring (bicyclic) bond motifs is 1. The number of benzene rings is 1. The first-order valence-electron chi connectivity index (χ1n) is 4.26. The lowest BCUT2D eigenvalue weighted by Crippen LogP contribution is -2.44. The molecule has 0 saturated heterocycles. The number of carboxylic acid groups (broad SMARTS) is 1. The van der Waals surface area contributed by atoms with Gasteiger partial charge in [0.2, 0.25) is 10.5 Å². The molecule has 1 aromatic heterocycles. The van der Waals surface area contributed by atoms with Crippen molar-refractivity contribution >= 4 is 27.5 Å². The highest BCUT2D eigenvalue weighted by Crippen LogP contribution is 2.18. The molecule has 4 heteroatoms. The summed E-state index contributed by atoms with van der Waals surface area (Å²) < 4.78 is 2.86. The molecule has 0 fully saturated rings. The van der Waals surface area contributed by atoms with Crippen LogP contribution in [0.1, 0.15) is 5.01 Å². The summed E-state index contributed by atoms with van der Waals surface area (Å²) in [5, 5.41) is 11.5. The van der Waals surface area contributed by atoms with Crippen LogP contribution >= 0.6 is 11.3 Å². The molecular weight excluding hydrogens is 198 g/mol. The van der Waals surface area contributed by atoms with Crippen LogP contribution in [0.4, 0.5) is 0 Å². The van der Waals surface area contributed by atoms with Crippen molar-refractivity contribution in [3.63, 3.8) is 0 Å². The van der Waals surface area contributed by atoms with Crippen molar-refractivity contribution < 1.29 is 14.5 Å². The predicted molar refractivity (Wildman–Crippen MR) is 51.8 cm³/mol. The fourth-order valence-corrected chi connectivity index (χ4v) is 2.50. The molecule has 14 heavy (non-hydrogen) atoms. The smallest absolute Gasteiger partial charge is 0.235 e. The van der Waals surface area contributed by atoms with Gasteiger partial charge in [0, 0.05) is 13.0 Å². The molecule has 0 bridgehead atoms. The Hall–Kier alpha value is -1.42. The zero-order valence-electron chi connectivity index (χ0n) is 7.69. The maximum atomic E-state index is 10.5. The number of hydrogen-bond donors (Lipinski definition) is 0. The van der Waals surface area contributed by atoms with Gasteiger partial charge in [0.05, 0.1) is 0 Å². The second-order valence-electron chi connectivity index (χ2n) is 3.05. The van der Waals surface area contributed by atoms with E-state index in [2.05, 4.69) is 0 Å². The molecule has 3 nitrogen and oxygen atoms in total. The number of thiazole rings is 1. The Morgan fingerprint density at radius 1 is 1.50 bits per heavy atom. The minimum atomic E-state index is -1.05. The average molecular weight is 207 g/mol. The van der Waals surface area contributed by atoms with Crippen molar-refractivity contribution in [1.29, 1.82) is 0 Å². The summed E-state index contributed by atoms with van der Waals surface area (Å²) in [5.41, 5.74) is 0.958. The zero-order valence-corrected chi connectivity index (χ0v) is 8.50. The van der Waals surface area contributed by atoms with Crippen LogP contribution in [0, 0.1) is 6.92 Å². The van der Waals surface area contributed by atoms with Crippen molar-refractivity contribution in [2.24, 2.45) is 0 Å². The van der Waals surface area contributed by atoms with Crippen molar-refractivity contribution in [2.45, 2.75) is 13.5 Å². The lowest BCUT2D eigenvalue weighted by Gasteiger charge is -1.96. The lowest BCUT2D eigenvalue weighted by atomic mass is 10.3. The highest BCUT2D eigenvalue weighted by molar-refractivity contribution is 7.18. The van der Waals surface area contributed by atoms with Crippen LogP contribution in [0.15, 0.2) is 24.3 Å². The standard InChI is InChI=1S/C10H9NO2S/c1-7-11(6-10(12)13)8-4-2-3-5-9(8)14-7/h2-5H,6H2,1H3. The molecule has 0 unspecified atom stereocenters. The van der Waals surface area contributed by atoms with Gasteiger partial charge >= 0.3 is 0 Å². The van der Waals surface area contributed by atoms with Gasteiger partial charge in [-0.05, 0) is 6.07 Å². The van der Waals surface area contributed by atoms with Crippen LogP contribution in [-0.4, -0.2) is 5.97 Å². The number of rotatable bonds is 2. The number of carboxylic acids is 1. The molecule has 1 heterocycles. The van der Waals surface area contributed by atoms with E-state index in [4.69, 9.17) is 0 Å². The highest BCUT2D eigenvalue weighted by atomic mass is 32.1. The summed E-state index contributed by atoms with van der Waals surface area (Å²) in [4.78, 5) is 10.5. The van der Waals surface area contributed by atoms with Crippen molar-refractivity contribution in [2.75, 3.05) is 0 Å². The first-order valence-corrected chi connectivity index (χ1v) is 5.08. The van der Waals surface area contributed by atoms with Gasteiger partial charge in [0.25, 0.3) is 0 Å². The van der Waals surface area contributed by atoms with Gasteiger partial charge in [-0.2, -0.15) is 4.57 Å². The fraction of sp³-hybridized carbons (Fsp3) is 0.200. The van der Waals surface area contributed by atoms with Crippen LogP contribution in [0.5, 0.6) is 0 Å². The number of para-hydroxylation sites is 1. The molecule has 0 spiro atoms. The summed E-state index contributed by atoms with van der Waals surface area (Å²) in [6.45, 7) is 1.84. The number of carbonyl (C=O) groups is 1. The van der Waals surface area contributed by atoms with Gasteiger partial charge in [-0.15, -0.1) is 0 Å². The third kappa shape index (κ3) is 1.48. The topological polar surface area (TPSA) is 44.0 Å². The maximum absolute atomic E-state index is 10.5. The first-order chi connectivity index (χ1) is 6.68. The number of hydrogen-bond acceptors (Lipinski definition) is 3. The number of nitrogens with zero attached hydrogens (tertiary/aromatic N) is 1. The van der Waals surface area contributed by atoms with E-state index >= 15 is 0 Å². The number of aliphatic carboxylic acids is 1. The SMILES string of the molecule is Cc1sc2ccccc2[n+]1CC(=O)[O-]. The lowest BCUT2D eigenvalue weighted by molar-refractivity contribution is -0.667. The molecule has 0 amide bonds. The average Bonchev–Trinajstić information content (AvgIpc) is 2.43. The molecule has 2 rings (SSSR count). The van der Waals surface area contributed by atoms with E-state index in [1.807, 2.05) is 31.2 Å². The second kappa shape index (κ2) is 3.38. The number of aryl methyl sites for hydroxylation is 1. The van der Waals surface area contributed by atoms with E-state index in [0.717, 1.165) is 15.2 Å². The van der Waals surface area contributed by atoms with Crippen molar-refractivity contribution in [3.8, 4) is 0 Å². The summed E-state index contributed by atoms with van der Waals surface area (Å²) in [6.07, 6.45) is 0. The van der Waals surface area contributed by atoms with Crippen LogP contribution < -0.4 is 9.67 Å². The van der Waals surface area contributed by atoms with Gasteiger partial charge in [0.1, 0.15) is 10.7 Å². The minimum absolute atomic E-state index is 0.0736. The number of aromatic nitrogens is 1. The van der Waals surface area contributed by atoms with Crippen LogP contribution in [0.25, 0.3) is 10.2 Å². The maximum Gasteiger partial charge on any atom is 0.235 e. The van der Waals surface area contributed by atoms with Crippen LogP contribution in [-0.2, 0) is 11.3 Å². The van der Waals surface area contributed by atoms with Gasteiger partial charge in [-0.3, -0.25) is 0 Å². The predicted octanol–water partition coefficient (Wildman–Crippen LogP) is 0.247. The molecule has 0 N–H and O–H groups in total. The van der Waals surface area contributed by atoms with Gasteiger partial charge < -0.3 is 9.90 Å². The Bertz CT molecular complexity index is 490. The first kappa shape index (κ1) is 9.15. The minimum Gasteiger partial charge on any atom is -0.544 e. The Balaban J connectivity index is 2.62. The number of carbonyl (C=O) groups excluding carboxylic acids is 1. The molecule has 0 aliphatic heterocycles. The summed E-state index contributed by atoms with van der Waals surface area (Å²) in [7, 11) is 0. The normalized spacial score (nSPS) is 10.6. The van der Waals surface area contributed by atoms with Crippen molar-refractivity contribution in [1.82, 2.24) is 0 Å². The Morgan fingerprint density at radius 2 is 2.21 bits per heavy atom. The molecule has 0 saturated carbocycles.